The summed E-state index contributed by atoms with van der Waals surface area (Å²) in [5, 5.41) is 0. The molecule has 1 aliphatic carbocycles. The van der Waals surface area contributed by atoms with Crippen LogP contribution in [0, 0.1) is 11.7 Å². The van der Waals surface area contributed by atoms with E-state index in [2.05, 4.69) is 81.5 Å². The predicted octanol–water partition coefficient (Wildman–Crippen LogP) is 8.65. The minimum atomic E-state index is -0.426. The third-order valence-corrected chi connectivity index (χ3v) is 9.52. The lowest BCUT2D eigenvalue weighted by molar-refractivity contribution is 0.164. The molecule has 0 radical (unpaired) electrons. The van der Waals surface area contributed by atoms with Crippen LogP contribution in [-0.2, 0) is 17.7 Å². The van der Waals surface area contributed by atoms with Crippen molar-refractivity contribution in [2.45, 2.75) is 78.6 Å². The highest BCUT2D eigenvalue weighted by Crippen LogP contribution is 2.49. The molecular weight excluding hydrogens is 534 g/mol. The minimum absolute atomic E-state index is 0.363. The fourth-order valence-electron chi connectivity index (χ4n) is 5.56. The van der Waals surface area contributed by atoms with E-state index in [1.165, 1.54) is 24.6 Å². The van der Waals surface area contributed by atoms with Gasteiger partial charge in [-0.2, -0.15) is 0 Å². The van der Waals surface area contributed by atoms with E-state index >= 15 is 0 Å². The van der Waals surface area contributed by atoms with E-state index in [0.717, 1.165) is 47.7 Å². The number of nitrogens with zero attached hydrogens (tertiary/aromatic N) is 2. The van der Waals surface area contributed by atoms with Crippen molar-refractivity contribution in [3.63, 3.8) is 0 Å². The first-order valence-corrected chi connectivity index (χ1v) is 16.7. The smallest absolute Gasteiger partial charge is 0.213 e. The topological polar surface area (TPSA) is 43.8 Å². The van der Waals surface area contributed by atoms with Gasteiger partial charge in [-0.25, -0.2) is 9.37 Å². The van der Waals surface area contributed by atoms with E-state index < -0.39 is 8.15 Å². The Labute approximate surface area is 247 Å². The summed E-state index contributed by atoms with van der Waals surface area (Å²) in [6.07, 6.45) is 4.91. The highest BCUT2D eigenvalue weighted by atomic mass is 31.1. The van der Waals surface area contributed by atoms with Crippen LogP contribution >= 0.6 is 8.15 Å². The van der Waals surface area contributed by atoms with E-state index in [4.69, 9.17) is 14.0 Å². The third kappa shape index (κ3) is 8.50. The zero-order valence-corrected chi connectivity index (χ0v) is 26.6. The zero-order valence-electron chi connectivity index (χ0n) is 25.7. The molecule has 222 valence electrons. The Morgan fingerprint density at radius 2 is 1.78 bits per heavy atom. The zero-order chi connectivity index (χ0) is 29.5. The molecule has 2 aromatic carbocycles. The van der Waals surface area contributed by atoms with Gasteiger partial charge in [-0.1, -0.05) is 24.3 Å². The van der Waals surface area contributed by atoms with Gasteiger partial charge < -0.3 is 14.0 Å². The van der Waals surface area contributed by atoms with Crippen LogP contribution in [0.15, 0.2) is 54.7 Å². The average molecular weight is 581 g/mol. The molecule has 2 unspecified atom stereocenters. The first-order chi connectivity index (χ1) is 19.7. The molecule has 1 aromatic heterocycles. The van der Waals surface area contributed by atoms with Crippen molar-refractivity contribution in [2.75, 3.05) is 26.5 Å². The lowest BCUT2D eigenvalue weighted by atomic mass is 9.96. The van der Waals surface area contributed by atoms with Crippen LogP contribution in [0.1, 0.15) is 70.1 Å². The van der Waals surface area contributed by atoms with Gasteiger partial charge in [-0.3, -0.25) is 4.90 Å². The molecule has 1 heterocycles. The van der Waals surface area contributed by atoms with Gasteiger partial charge in [0.1, 0.15) is 18.2 Å². The first kappa shape index (κ1) is 31.4. The van der Waals surface area contributed by atoms with E-state index in [1.807, 2.05) is 12.1 Å². The van der Waals surface area contributed by atoms with Crippen LogP contribution in [0.4, 0.5) is 4.39 Å². The number of pyridine rings is 1. The molecule has 7 heteroatoms. The molecule has 3 aromatic rings. The number of rotatable bonds is 15. The van der Waals surface area contributed by atoms with Crippen molar-refractivity contribution in [3.8, 4) is 22.8 Å². The van der Waals surface area contributed by atoms with Gasteiger partial charge in [0.2, 0.25) is 5.88 Å². The summed E-state index contributed by atoms with van der Waals surface area (Å²) in [5.74, 6) is 2.18. The Morgan fingerprint density at radius 1 is 1.02 bits per heavy atom. The van der Waals surface area contributed by atoms with Crippen LogP contribution in [0.3, 0.4) is 0 Å². The van der Waals surface area contributed by atoms with Crippen LogP contribution < -0.4 is 9.47 Å². The molecule has 1 aliphatic rings. The van der Waals surface area contributed by atoms with Crippen molar-refractivity contribution in [2.24, 2.45) is 5.92 Å². The Balaban J connectivity index is 1.60. The predicted molar refractivity (Wildman–Crippen MR) is 168 cm³/mol. The largest absolute Gasteiger partial charge is 0.489 e. The second kappa shape index (κ2) is 14.6. The van der Waals surface area contributed by atoms with Crippen LogP contribution in [0.2, 0.25) is 0 Å². The normalized spacial score (nSPS) is 15.0. The fraction of sp³-hybridized carbons (Fsp3) is 0.500. The lowest BCUT2D eigenvalue weighted by Gasteiger charge is -2.31. The first-order valence-electron chi connectivity index (χ1n) is 14.8. The van der Waals surface area contributed by atoms with Gasteiger partial charge in [0.15, 0.2) is 0 Å². The molecule has 4 rings (SSSR count). The maximum atomic E-state index is 14.8. The Bertz CT molecular complexity index is 1270. The average Bonchev–Trinajstić information content (AvgIpc) is 3.79. The van der Waals surface area contributed by atoms with Crippen molar-refractivity contribution < 1.29 is 18.4 Å². The van der Waals surface area contributed by atoms with Gasteiger partial charge in [-0.05, 0) is 113 Å². The maximum Gasteiger partial charge on any atom is 0.213 e. The highest BCUT2D eigenvalue weighted by Gasteiger charge is 2.33. The molecule has 0 amide bonds. The molecule has 0 aliphatic heterocycles. The Kier molecular flexibility index (Phi) is 11.2. The van der Waals surface area contributed by atoms with Crippen LogP contribution in [0.5, 0.6) is 11.6 Å². The second-order valence-electron chi connectivity index (χ2n) is 11.6. The number of hydrogen-bond donors (Lipinski definition) is 0. The monoisotopic (exact) mass is 580 g/mol. The molecular formula is C34H46FN2O3P. The summed E-state index contributed by atoms with van der Waals surface area (Å²) in [6, 6.07) is 17.1. The molecule has 0 bridgehead atoms. The molecule has 5 nitrogen and oxygen atoms in total. The number of methoxy groups -OCH3 is 1. The number of benzene rings is 2. The number of halogens is 1. The van der Waals surface area contributed by atoms with E-state index in [0.29, 0.717) is 36.1 Å². The SMILES string of the molecule is CCOP(C)CC(c1cccc(OCc2ccc(-c3cc(OC)ncc3F)cc2CN(C(C)C)C(C)C)c1)C1CC1. The van der Waals surface area contributed by atoms with Gasteiger partial charge >= 0.3 is 0 Å². The molecule has 2 atom stereocenters. The van der Waals surface area contributed by atoms with E-state index in [-0.39, 0.29) is 5.82 Å². The van der Waals surface area contributed by atoms with Crippen molar-refractivity contribution in [1.82, 2.24) is 9.88 Å². The fourth-order valence-corrected chi connectivity index (χ4v) is 7.17. The second-order valence-corrected chi connectivity index (χ2v) is 13.5. The summed E-state index contributed by atoms with van der Waals surface area (Å²) >= 11 is 0. The van der Waals surface area contributed by atoms with Gasteiger partial charge in [0, 0.05) is 45.0 Å². The molecule has 0 spiro atoms. The number of hydrogen-bond acceptors (Lipinski definition) is 5. The van der Waals surface area contributed by atoms with Crippen molar-refractivity contribution in [1.29, 1.82) is 0 Å². The summed E-state index contributed by atoms with van der Waals surface area (Å²) in [4.78, 5) is 6.45. The maximum absolute atomic E-state index is 14.8. The Morgan fingerprint density at radius 3 is 2.44 bits per heavy atom. The molecule has 0 N–H and O–H groups in total. The standard InChI is InChI=1S/C34H46FN2O3P/c1-8-40-41(7)22-32(25-12-13-25)26-10-9-11-30(17-26)39-21-28-15-14-27(31-18-34(38-6)36-19-33(31)35)16-29(28)20-37(23(2)3)24(4)5/h9-11,14-19,23-25,32H,8,12-13,20-22H2,1-7H3. The quantitative estimate of drug-likeness (QED) is 0.168. The van der Waals surface area contributed by atoms with Crippen molar-refractivity contribution in [3.05, 3.63) is 77.2 Å². The number of aromatic nitrogens is 1. The van der Waals surface area contributed by atoms with E-state index in [1.54, 1.807) is 13.2 Å². The molecule has 41 heavy (non-hydrogen) atoms. The van der Waals surface area contributed by atoms with Crippen LogP contribution in [-0.4, -0.2) is 48.5 Å². The highest BCUT2D eigenvalue weighted by molar-refractivity contribution is 7.51. The van der Waals surface area contributed by atoms with Gasteiger partial charge in [0.05, 0.1) is 13.3 Å². The molecule has 1 saturated carbocycles. The summed E-state index contributed by atoms with van der Waals surface area (Å²) in [5.41, 5.74) is 4.85. The summed E-state index contributed by atoms with van der Waals surface area (Å²) in [6.45, 7) is 15.1. The molecule has 1 fully saturated rings. The summed E-state index contributed by atoms with van der Waals surface area (Å²) in [7, 11) is 1.12. The summed E-state index contributed by atoms with van der Waals surface area (Å²) < 4.78 is 32.5. The van der Waals surface area contributed by atoms with E-state index in [9.17, 15) is 4.39 Å². The molecule has 0 saturated heterocycles. The van der Waals surface area contributed by atoms with Crippen LogP contribution in [0.25, 0.3) is 11.1 Å². The van der Waals surface area contributed by atoms with Gasteiger partial charge in [0.25, 0.3) is 0 Å². The minimum Gasteiger partial charge on any atom is -0.489 e. The third-order valence-electron chi connectivity index (χ3n) is 7.91. The van der Waals surface area contributed by atoms with Crippen molar-refractivity contribution >= 4 is 8.15 Å². The lowest BCUT2D eigenvalue weighted by Crippen LogP contribution is -2.36. The Hall–Kier alpha value is -2.53. The van der Waals surface area contributed by atoms with Gasteiger partial charge in [-0.15, -0.1) is 0 Å². The number of ether oxygens (including phenoxy) is 2.